The van der Waals surface area contributed by atoms with Gasteiger partial charge in [-0.15, -0.1) is 0 Å². The van der Waals surface area contributed by atoms with Crippen LogP contribution in [0.25, 0.3) is 11.3 Å². The standard InChI is InChI=1S/C22H23N3O4/c1-27-18-7-5-4-6-14(18)21-16(12-23-25-21)22(26)24-17-9-8-13-10-19(28-2)20(29-3)11-15(13)17/h4-7,10-12,17H,8-9H2,1-3H3,(H,23,25)(H,24,26)/t17-/m1/s1. The number of nitrogens with zero attached hydrogens (tertiary/aromatic N) is 1. The van der Waals surface area contributed by atoms with E-state index >= 15 is 0 Å². The Labute approximate surface area is 169 Å². The summed E-state index contributed by atoms with van der Waals surface area (Å²) in [5.41, 5.74) is 4.10. The van der Waals surface area contributed by atoms with Gasteiger partial charge in [0.1, 0.15) is 5.75 Å². The molecule has 29 heavy (non-hydrogen) atoms. The molecule has 4 rings (SSSR count). The second kappa shape index (κ2) is 7.87. The maximum atomic E-state index is 13.1. The van der Waals surface area contributed by atoms with Gasteiger partial charge in [0.2, 0.25) is 0 Å². The van der Waals surface area contributed by atoms with E-state index in [1.54, 1.807) is 27.5 Å². The van der Waals surface area contributed by atoms with Crippen molar-refractivity contribution >= 4 is 5.91 Å². The van der Waals surface area contributed by atoms with Crippen molar-refractivity contribution in [1.82, 2.24) is 15.5 Å². The Balaban J connectivity index is 1.61. The van der Waals surface area contributed by atoms with Crippen LogP contribution in [0.5, 0.6) is 17.2 Å². The van der Waals surface area contributed by atoms with Gasteiger partial charge in [0.25, 0.3) is 5.91 Å². The number of carbonyl (C=O) groups is 1. The molecular weight excluding hydrogens is 370 g/mol. The number of hydrogen-bond acceptors (Lipinski definition) is 5. The number of para-hydroxylation sites is 1. The van der Waals surface area contributed by atoms with E-state index in [1.165, 1.54) is 0 Å². The van der Waals surface area contributed by atoms with E-state index in [0.717, 1.165) is 29.5 Å². The smallest absolute Gasteiger partial charge is 0.255 e. The first-order chi connectivity index (χ1) is 14.2. The zero-order valence-corrected chi connectivity index (χ0v) is 16.6. The summed E-state index contributed by atoms with van der Waals surface area (Å²) in [5.74, 6) is 1.85. The molecule has 1 aromatic heterocycles. The predicted octanol–water partition coefficient (Wildman–Crippen LogP) is 3.52. The number of benzene rings is 2. The van der Waals surface area contributed by atoms with Crippen molar-refractivity contribution in [3.63, 3.8) is 0 Å². The van der Waals surface area contributed by atoms with Gasteiger partial charge in [0.05, 0.1) is 44.8 Å². The summed E-state index contributed by atoms with van der Waals surface area (Å²) in [4.78, 5) is 13.1. The third-order valence-corrected chi connectivity index (χ3v) is 5.29. The molecule has 7 nitrogen and oxygen atoms in total. The topological polar surface area (TPSA) is 85.5 Å². The average Bonchev–Trinajstić information content (AvgIpc) is 3.39. The maximum absolute atomic E-state index is 13.1. The lowest BCUT2D eigenvalue weighted by Gasteiger charge is -2.16. The van der Waals surface area contributed by atoms with E-state index in [9.17, 15) is 4.79 Å². The molecule has 0 saturated heterocycles. The van der Waals surface area contributed by atoms with E-state index in [1.807, 2.05) is 36.4 Å². The first kappa shape index (κ1) is 18.9. The van der Waals surface area contributed by atoms with Gasteiger partial charge in [-0.25, -0.2) is 0 Å². The van der Waals surface area contributed by atoms with Gasteiger partial charge in [0, 0.05) is 5.56 Å². The van der Waals surface area contributed by atoms with Crippen LogP contribution < -0.4 is 19.5 Å². The van der Waals surface area contributed by atoms with Crippen molar-refractivity contribution in [2.24, 2.45) is 0 Å². The Kier molecular flexibility index (Phi) is 5.12. The minimum absolute atomic E-state index is 0.0993. The minimum atomic E-state index is -0.188. The van der Waals surface area contributed by atoms with Gasteiger partial charge >= 0.3 is 0 Å². The number of fused-ring (bicyclic) bond motifs is 1. The number of methoxy groups -OCH3 is 3. The first-order valence-corrected chi connectivity index (χ1v) is 9.38. The summed E-state index contributed by atoms with van der Waals surface area (Å²) in [6.45, 7) is 0. The highest BCUT2D eigenvalue weighted by atomic mass is 16.5. The molecule has 1 heterocycles. The van der Waals surface area contributed by atoms with E-state index in [-0.39, 0.29) is 11.9 Å². The van der Waals surface area contributed by atoms with Crippen LogP contribution in [0, 0.1) is 0 Å². The Hall–Kier alpha value is -3.48. The van der Waals surface area contributed by atoms with Crippen LogP contribution in [0.4, 0.5) is 0 Å². The van der Waals surface area contributed by atoms with Crippen molar-refractivity contribution < 1.29 is 19.0 Å². The van der Waals surface area contributed by atoms with E-state index in [2.05, 4.69) is 15.5 Å². The zero-order chi connectivity index (χ0) is 20.4. The van der Waals surface area contributed by atoms with Crippen LogP contribution in [-0.4, -0.2) is 37.4 Å². The van der Waals surface area contributed by atoms with Crippen LogP contribution in [0.1, 0.15) is 33.9 Å². The lowest BCUT2D eigenvalue weighted by molar-refractivity contribution is 0.0937. The number of aromatic nitrogens is 2. The Morgan fingerprint density at radius 3 is 2.55 bits per heavy atom. The lowest BCUT2D eigenvalue weighted by Crippen LogP contribution is -2.27. The number of carbonyl (C=O) groups excluding carboxylic acids is 1. The Morgan fingerprint density at radius 1 is 1.07 bits per heavy atom. The summed E-state index contributed by atoms with van der Waals surface area (Å²) in [7, 11) is 4.83. The molecule has 2 N–H and O–H groups in total. The molecule has 2 aromatic carbocycles. The summed E-state index contributed by atoms with van der Waals surface area (Å²) < 4.78 is 16.2. The molecule has 0 spiro atoms. The number of nitrogens with one attached hydrogen (secondary N) is 2. The molecule has 1 atom stereocenters. The molecule has 1 amide bonds. The van der Waals surface area contributed by atoms with E-state index in [0.29, 0.717) is 28.5 Å². The molecule has 0 unspecified atom stereocenters. The SMILES string of the molecule is COc1cc2c(cc1OC)[C@H](NC(=O)c1cn[nH]c1-c1ccccc1OC)CC2. The summed E-state index contributed by atoms with van der Waals surface area (Å²) in [6.07, 6.45) is 3.23. The molecule has 0 fully saturated rings. The summed E-state index contributed by atoms with van der Waals surface area (Å²) in [6, 6.07) is 11.4. The normalized spacial score (nSPS) is 14.9. The second-order valence-electron chi connectivity index (χ2n) is 6.83. The number of ether oxygens (including phenoxy) is 3. The van der Waals surface area contributed by atoms with Crippen molar-refractivity contribution in [1.29, 1.82) is 0 Å². The summed E-state index contributed by atoms with van der Waals surface area (Å²) in [5, 5.41) is 10.2. The molecule has 0 aliphatic heterocycles. The van der Waals surface area contributed by atoms with Gasteiger partial charge in [-0.3, -0.25) is 9.89 Å². The monoisotopic (exact) mass is 393 g/mol. The third kappa shape index (κ3) is 3.40. The predicted molar refractivity (Wildman–Crippen MR) is 109 cm³/mol. The maximum Gasteiger partial charge on any atom is 0.255 e. The molecule has 3 aromatic rings. The van der Waals surface area contributed by atoms with Crippen molar-refractivity contribution in [2.75, 3.05) is 21.3 Å². The number of aryl methyl sites for hydroxylation is 1. The minimum Gasteiger partial charge on any atom is -0.496 e. The third-order valence-electron chi connectivity index (χ3n) is 5.29. The van der Waals surface area contributed by atoms with Gasteiger partial charge < -0.3 is 19.5 Å². The number of rotatable bonds is 6. The fourth-order valence-electron chi connectivity index (χ4n) is 3.83. The van der Waals surface area contributed by atoms with Crippen LogP contribution >= 0.6 is 0 Å². The van der Waals surface area contributed by atoms with Crippen molar-refractivity contribution in [2.45, 2.75) is 18.9 Å². The zero-order valence-electron chi connectivity index (χ0n) is 16.6. The number of hydrogen-bond donors (Lipinski definition) is 2. The number of amides is 1. The van der Waals surface area contributed by atoms with Gasteiger partial charge in [-0.2, -0.15) is 5.10 Å². The van der Waals surface area contributed by atoms with Crippen LogP contribution in [0.3, 0.4) is 0 Å². The summed E-state index contributed by atoms with van der Waals surface area (Å²) >= 11 is 0. The molecule has 0 radical (unpaired) electrons. The van der Waals surface area contributed by atoms with Gasteiger partial charge in [0.15, 0.2) is 11.5 Å². The van der Waals surface area contributed by atoms with Gasteiger partial charge in [-0.1, -0.05) is 12.1 Å². The number of aromatic amines is 1. The second-order valence-corrected chi connectivity index (χ2v) is 6.83. The molecule has 150 valence electrons. The van der Waals surface area contributed by atoms with Crippen molar-refractivity contribution in [3.8, 4) is 28.5 Å². The lowest BCUT2D eigenvalue weighted by atomic mass is 10.0. The fraction of sp³-hybridized carbons (Fsp3) is 0.273. The van der Waals surface area contributed by atoms with Crippen LogP contribution in [-0.2, 0) is 6.42 Å². The molecule has 7 heteroatoms. The van der Waals surface area contributed by atoms with E-state index < -0.39 is 0 Å². The largest absolute Gasteiger partial charge is 0.496 e. The quantitative estimate of drug-likeness (QED) is 0.669. The highest BCUT2D eigenvalue weighted by Crippen LogP contribution is 2.39. The average molecular weight is 393 g/mol. The van der Waals surface area contributed by atoms with E-state index in [4.69, 9.17) is 14.2 Å². The number of H-pyrrole nitrogens is 1. The van der Waals surface area contributed by atoms with Crippen molar-refractivity contribution in [3.05, 3.63) is 59.3 Å². The highest BCUT2D eigenvalue weighted by Gasteiger charge is 2.28. The highest BCUT2D eigenvalue weighted by molar-refractivity contribution is 6.00. The molecule has 1 aliphatic rings. The molecule has 0 bridgehead atoms. The van der Waals surface area contributed by atoms with Crippen LogP contribution in [0.15, 0.2) is 42.6 Å². The first-order valence-electron chi connectivity index (χ1n) is 9.38. The fourth-order valence-corrected chi connectivity index (χ4v) is 3.83. The van der Waals surface area contributed by atoms with Gasteiger partial charge in [-0.05, 0) is 48.2 Å². The Bertz CT molecular complexity index is 1040. The van der Waals surface area contributed by atoms with Crippen LogP contribution in [0.2, 0.25) is 0 Å². The molecular formula is C22H23N3O4. The Morgan fingerprint density at radius 2 is 1.79 bits per heavy atom. The molecule has 1 aliphatic carbocycles. The molecule has 0 saturated carbocycles.